The van der Waals surface area contributed by atoms with E-state index in [1.165, 1.54) is 11.0 Å². The number of ketones is 1. The maximum Gasteiger partial charge on any atom is 0.416 e. The largest absolute Gasteiger partial charge is 0.416 e. The molecule has 136 valence electrons. The minimum absolute atomic E-state index is 0.210. The van der Waals surface area contributed by atoms with Crippen molar-refractivity contribution >= 4 is 40.0 Å². The van der Waals surface area contributed by atoms with E-state index in [0.29, 0.717) is 11.3 Å². The van der Waals surface area contributed by atoms with Crippen LogP contribution in [0.4, 0.5) is 18.9 Å². The molecule has 0 bridgehead atoms. The molecular formula is C19H15F3INO2. The van der Waals surface area contributed by atoms with E-state index in [1.54, 1.807) is 31.2 Å². The number of rotatable bonds is 2. The summed E-state index contributed by atoms with van der Waals surface area (Å²) in [6, 6.07) is 10.2. The molecule has 1 aliphatic heterocycles. The fraction of sp³-hybridized carbons (Fsp3) is 0.263. The van der Waals surface area contributed by atoms with Gasteiger partial charge >= 0.3 is 6.18 Å². The third-order valence-corrected chi connectivity index (χ3v) is 5.14. The first kappa shape index (κ1) is 18.9. The van der Waals surface area contributed by atoms with Crippen LogP contribution >= 0.6 is 22.6 Å². The lowest BCUT2D eigenvalue weighted by molar-refractivity contribution is -0.137. The van der Waals surface area contributed by atoms with Crippen LogP contribution in [0.15, 0.2) is 42.5 Å². The average Bonchev–Trinajstić information content (AvgIpc) is 2.67. The lowest BCUT2D eigenvalue weighted by atomic mass is 9.91. The van der Waals surface area contributed by atoms with E-state index in [0.717, 1.165) is 15.7 Å². The van der Waals surface area contributed by atoms with E-state index in [2.05, 4.69) is 22.6 Å². The molecule has 1 amide bonds. The lowest BCUT2D eigenvalue weighted by Crippen LogP contribution is -2.36. The van der Waals surface area contributed by atoms with Crippen LogP contribution in [0.3, 0.4) is 0 Å². The molecule has 0 aromatic heterocycles. The Morgan fingerprint density at radius 1 is 1.12 bits per heavy atom. The second-order valence-corrected chi connectivity index (χ2v) is 7.30. The monoisotopic (exact) mass is 473 g/mol. The maximum absolute atomic E-state index is 13.0. The molecule has 1 atom stereocenters. The van der Waals surface area contributed by atoms with Crippen LogP contribution < -0.4 is 4.90 Å². The fourth-order valence-corrected chi connectivity index (χ4v) is 3.54. The summed E-state index contributed by atoms with van der Waals surface area (Å²) in [5.41, 5.74) is 0.336. The number of likely N-dealkylation sites (N-methyl/N-ethyl adjacent to an activating group) is 1. The van der Waals surface area contributed by atoms with Gasteiger partial charge in [-0.05, 0) is 71.0 Å². The third-order valence-electron chi connectivity index (χ3n) is 4.42. The number of alkyl halides is 3. The first-order chi connectivity index (χ1) is 12.2. The molecule has 3 rings (SSSR count). The van der Waals surface area contributed by atoms with Gasteiger partial charge in [-0.2, -0.15) is 13.2 Å². The van der Waals surface area contributed by atoms with Gasteiger partial charge in [0.1, 0.15) is 5.92 Å². The molecule has 26 heavy (non-hydrogen) atoms. The van der Waals surface area contributed by atoms with Crippen LogP contribution in [0.1, 0.15) is 29.5 Å². The van der Waals surface area contributed by atoms with E-state index in [9.17, 15) is 22.8 Å². The first-order valence-corrected chi connectivity index (χ1v) is 9.10. The smallest absolute Gasteiger partial charge is 0.311 e. The molecule has 2 aromatic rings. The van der Waals surface area contributed by atoms with Gasteiger partial charge in [-0.25, -0.2) is 0 Å². The Hall–Kier alpha value is -1.90. The van der Waals surface area contributed by atoms with Gasteiger partial charge in [0.25, 0.3) is 0 Å². The zero-order valence-corrected chi connectivity index (χ0v) is 16.0. The summed E-state index contributed by atoms with van der Waals surface area (Å²) in [4.78, 5) is 27.2. The van der Waals surface area contributed by atoms with Crippen molar-refractivity contribution in [2.45, 2.75) is 25.4 Å². The summed E-state index contributed by atoms with van der Waals surface area (Å²) in [6.07, 6.45) is -4.71. The summed E-state index contributed by atoms with van der Waals surface area (Å²) in [6.45, 7) is 2.01. The molecule has 1 aliphatic rings. The Labute approximate surface area is 162 Å². The minimum Gasteiger partial charge on any atom is -0.311 e. The van der Waals surface area contributed by atoms with E-state index in [4.69, 9.17) is 0 Å². The van der Waals surface area contributed by atoms with Gasteiger partial charge in [0.15, 0.2) is 5.78 Å². The Kier molecular flexibility index (Phi) is 5.09. The van der Waals surface area contributed by atoms with E-state index < -0.39 is 29.3 Å². The van der Waals surface area contributed by atoms with Crippen molar-refractivity contribution < 1.29 is 22.8 Å². The van der Waals surface area contributed by atoms with E-state index >= 15 is 0 Å². The second kappa shape index (κ2) is 7.02. The topological polar surface area (TPSA) is 37.4 Å². The number of amides is 1. The fourth-order valence-electron chi connectivity index (χ4n) is 3.18. The van der Waals surface area contributed by atoms with Crippen molar-refractivity contribution in [2.75, 3.05) is 11.4 Å². The summed E-state index contributed by atoms with van der Waals surface area (Å²) < 4.78 is 40.0. The SMILES string of the molecule is CCN1C(=O)C(c2ccc(I)cc2)C(=O)Cc2cc(C(F)(F)F)ccc21. The zero-order valence-electron chi connectivity index (χ0n) is 13.8. The summed E-state index contributed by atoms with van der Waals surface area (Å²) in [5.74, 6) is -1.81. The highest BCUT2D eigenvalue weighted by Crippen LogP contribution is 2.37. The van der Waals surface area contributed by atoms with Crippen LogP contribution in [-0.4, -0.2) is 18.2 Å². The van der Waals surface area contributed by atoms with Gasteiger partial charge in [0, 0.05) is 22.2 Å². The number of hydrogen-bond donors (Lipinski definition) is 0. The zero-order chi connectivity index (χ0) is 19.1. The Morgan fingerprint density at radius 3 is 2.35 bits per heavy atom. The van der Waals surface area contributed by atoms with Crippen molar-refractivity contribution in [1.29, 1.82) is 0 Å². The highest BCUT2D eigenvalue weighted by atomic mass is 127. The predicted octanol–water partition coefficient (Wildman–Crippen LogP) is 4.57. The molecule has 3 nitrogen and oxygen atoms in total. The van der Waals surface area contributed by atoms with Crippen LogP contribution in [0.5, 0.6) is 0 Å². The molecule has 0 spiro atoms. The number of hydrogen-bond acceptors (Lipinski definition) is 2. The van der Waals surface area contributed by atoms with Crippen molar-refractivity contribution in [3.63, 3.8) is 0 Å². The minimum atomic E-state index is -4.50. The Morgan fingerprint density at radius 2 is 1.77 bits per heavy atom. The number of anilines is 1. The molecule has 0 aliphatic carbocycles. The molecule has 1 unspecified atom stereocenters. The van der Waals surface area contributed by atoms with Gasteiger partial charge in [-0.3, -0.25) is 9.59 Å². The molecule has 0 saturated carbocycles. The number of carbonyl (C=O) groups is 2. The van der Waals surface area contributed by atoms with Crippen molar-refractivity contribution in [3.8, 4) is 0 Å². The normalized spacial score (nSPS) is 17.9. The highest BCUT2D eigenvalue weighted by Gasteiger charge is 2.38. The molecular weight excluding hydrogens is 458 g/mol. The molecule has 1 heterocycles. The number of fused-ring (bicyclic) bond motifs is 1. The predicted molar refractivity (Wildman–Crippen MR) is 100 cm³/mol. The summed E-state index contributed by atoms with van der Waals surface area (Å²) in [5, 5.41) is 0. The van der Waals surface area contributed by atoms with Crippen molar-refractivity contribution in [2.24, 2.45) is 0 Å². The molecule has 0 radical (unpaired) electrons. The van der Waals surface area contributed by atoms with Crippen LogP contribution in [0.2, 0.25) is 0 Å². The van der Waals surface area contributed by atoms with Gasteiger partial charge in [0.05, 0.1) is 5.56 Å². The molecule has 0 saturated heterocycles. The third kappa shape index (κ3) is 3.49. The quantitative estimate of drug-likeness (QED) is 0.474. The molecule has 2 aromatic carbocycles. The van der Waals surface area contributed by atoms with Crippen LogP contribution in [0.25, 0.3) is 0 Å². The standard InChI is InChI=1S/C19H15F3INO2/c1-2-24-15-8-5-13(19(20,21)22)9-12(15)10-16(25)17(18(24)26)11-3-6-14(23)7-4-11/h3-9,17H,2,10H2,1H3. The maximum atomic E-state index is 13.0. The molecule has 0 N–H and O–H groups in total. The van der Waals surface area contributed by atoms with Gasteiger partial charge in [0.2, 0.25) is 5.91 Å². The molecule has 0 fully saturated rings. The van der Waals surface area contributed by atoms with E-state index in [1.807, 2.05) is 0 Å². The summed E-state index contributed by atoms with van der Waals surface area (Å²) >= 11 is 2.12. The van der Waals surface area contributed by atoms with Gasteiger partial charge in [-0.15, -0.1) is 0 Å². The Balaban J connectivity index is 2.09. The van der Waals surface area contributed by atoms with Gasteiger partial charge in [-0.1, -0.05) is 12.1 Å². The van der Waals surface area contributed by atoms with E-state index in [-0.39, 0.29) is 18.5 Å². The number of benzene rings is 2. The number of carbonyl (C=O) groups excluding carboxylic acids is 2. The van der Waals surface area contributed by atoms with Crippen LogP contribution in [-0.2, 0) is 22.2 Å². The van der Waals surface area contributed by atoms with Crippen molar-refractivity contribution in [1.82, 2.24) is 0 Å². The number of Topliss-reactive ketones (excluding diaryl/α,β-unsaturated/α-hetero) is 1. The molecule has 7 heteroatoms. The Bertz CT molecular complexity index is 862. The average molecular weight is 473 g/mol. The second-order valence-electron chi connectivity index (χ2n) is 6.05. The van der Waals surface area contributed by atoms with Gasteiger partial charge < -0.3 is 4.90 Å². The number of halogens is 4. The lowest BCUT2D eigenvalue weighted by Gasteiger charge is -2.24. The first-order valence-electron chi connectivity index (χ1n) is 8.02. The highest BCUT2D eigenvalue weighted by molar-refractivity contribution is 14.1. The summed E-state index contributed by atoms with van der Waals surface area (Å²) in [7, 11) is 0. The van der Waals surface area contributed by atoms with Crippen molar-refractivity contribution in [3.05, 3.63) is 62.7 Å². The van der Waals surface area contributed by atoms with Crippen LogP contribution in [0, 0.1) is 3.57 Å². The number of nitrogens with zero attached hydrogens (tertiary/aromatic N) is 1.